The highest BCUT2D eigenvalue weighted by Crippen LogP contribution is 2.19. The van der Waals surface area contributed by atoms with Gasteiger partial charge in [0.05, 0.1) is 0 Å². The summed E-state index contributed by atoms with van der Waals surface area (Å²) in [4.78, 5) is 0. The van der Waals surface area contributed by atoms with Crippen molar-refractivity contribution in [1.29, 1.82) is 0 Å². The first kappa shape index (κ1) is 21.3. The van der Waals surface area contributed by atoms with E-state index in [0.717, 1.165) is 12.0 Å². The molecule has 2 aromatic rings. The smallest absolute Gasteiger partial charge is 0.118 e. The molecule has 0 heterocycles. The highest BCUT2D eigenvalue weighted by molar-refractivity contribution is 5.31. The first-order valence-electron chi connectivity index (χ1n) is 10.1. The Morgan fingerprint density at radius 2 is 1.00 bits per heavy atom. The van der Waals surface area contributed by atoms with Crippen LogP contribution in [0.25, 0.3) is 0 Å². The highest BCUT2D eigenvalue weighted by atomic mass is 16.3. The van der Waals surface area contributed by atoms with E-state index < -0.39 is 0 Å². The van der Waals surface area contributed by atoms with E-state index in [-0.39, 0.29) is 0 Å². The third kappa shape index (κ3) is 12.3. The Balaban J connectivity index is 0.000000435. The molecule has 0 radical (unpaired) electrons. The molecule has 0 spiro atoms. The molecule has 0 amide bonds. The van der Waals surface area contributed by atoms with Gasteiger partial charge in [-0.25, -0.2) is 0 Å². The number of phenols is 1. The van der Waals surface area contributed by atoms with Crippen molar-refractivity contribution in [2.75, 3.05) is 0 Å². The van der Waals surface area contributed by atoms with Crippen molar-refractivity contribution in [2.24, 2.45) is 0 Å². The van der Waals surface area contributed by atoms with Gasteiger partial charge in [0.25, 0.3) is 0 Å². The summed E-state index contributed by atoms with van der Waals surface area (Å²) in [5.41, 5.74) is 1.10. The second-order valence-corrected chi connectivity index (χ2v) is 6.72. The molecule has 0 bridgehead atoms. The average Bonchev–Trinajstić information content (AvgIpc) is 2.66. The lowest BCUT2D eigenvalue weighted by Gasteiger charge is -2.04. The largest absolute Gasteiger partial charge is 0.508 e. The Labute approximate surface area is 155 Å². The molecule has 0 saturated heterocycles. The molecule has 1 heteroatoms. The van der Waals surface area contributed by atoms with Gasteiger partial charge < -0.3 is 5.11 Å². The summed E-state index contributed by atoms with van der Waals surface area (Å²) < 4.78 is 0. The zero-order valence-electron chi connectivity index (χ0n) is 16.0. The lowest BCUT2D eigenvalue weighted by atomic mass is 10.0. The molecule has 138 valence electrons. The van der Waals surface area contributed by atoms with Gasteiger partial charge in [-0.15, -0.1) is 0 Å². The van der Waals surface area contributed by atoms with Crippen LogP contribution in [0.4, 0.5) is 0 Å². The number of benzene rings is 2. The van der Waals surface area contributed by atoms with Gasteiger partial charge in [-0.1, -0.05) is 119 Å². The third-order valence-electron chi connectivity index (χ3n) is 4.46. The monoisotopic (exact) mass is 340 g/mol. The summed E-state index contributed by atoms with van der Waals surface area (Å²) >= 11 is 0. The van der Waals surface area contributed by atoms with Gasteiger partial charge in [-0.3, -0.25) is 0 Å². The standard InChI is InChI=1S/C18H30O.C6H6/c1-2-3-4-5-6-7-8-9-10-11-14-17-15-12-13-16-18(17)19;1-2-4-6-5-3-1/h12-13,15-16,19H,2-11,14H2,1H3;1-6H. The lowest BCUT2D eigenvalue weighted by molar-refractivity contribution is 0.466. The predicted octanol–water partition coefficient (Wildman–Crippen LogP) is 7.54. The minimum atomic E-state index is 0.457. The van der Waals surface area contributed by atoms with Crippen LogP contribution in [0.2, 0.25) is 0 Å². The van der Waals surface area contributed by atoms with E-state index in [0.29, 0.717) is 5.75 Å². The molecule has 0 saturated carbocycles. The van der Waals surface area contributed by atoms with Gasteiger partial charge in [-0.05, 0) is 24.5 Å². The fourth-order valence-corrected chi connectivity index (χ4v) is 2.91. The Kier molecular flexibility index (Phi) is 13.4. The van der Waals surface area contributed by atoms with Crippen LogP contribution in [0.15, 0.2) is 60.7 Å². The molecule has 0 aliphatic carbocycles. The van der Waals surface area contributed by atoms with Crippen LogP contribution in [0.1, 0.15) is 76.7 Å². The molecule has 0 aliphatic heterocycles. The maximum absolute atomic E-state index is 9.65. The molecule has 0 fully saturated rings. The molecular weight excluding hydrogens is 304 g/mol. The number of aryl methyl sites for hydroxylation is 1. The molecule has 0 atom stereocenters. The van der Waals surface area contributed by atoms with Gasteiger partial charge >= 0.3 is 0 Å². The number of rotatable bonds is 11. The zero-order chi connectivity index (χ0) is 18.0. The highest BCUT2D eigenvalue weighted by Gasteiger charge is 1.99. The van der Waals surface area contributed by atoms with Crippen LogP contribution in [0.3, 0.4) is 0 Å². The second kappa shape index (κ2) is 15.7. The van der Waals surface area contributed by atoms with Gasteiger partial charge in [0.1, 0.15) is 5.75 Å². The number of unbranched alkanes of at least 4 members (excludes halogenated alkanes) is 9. The third-order valence-corrected chi connectivity index (χ3v) is 4.46. The van der Waals surface area contributed by atoms with Crippen LogP contribution < -0.4 is 0 Å². The van der Waals surface area contributed by atoms with Gasteiger partial charge in [0.2, 0.25) is 0 Å². The van der Waals surface area contributed by atoms with Gasteiger partial charge in [0, 0.05) is 0 Å². The van der Waals surface area contributed by atoms with E-state index in [1.807, 2.05) is 54.6 Å². The predicted molar refractivity (Wildman–Crippen MR) is 110 cm³/mol. The minimum Gasteiger partial charge on any atom is -0.508 e. The van der Waals surface area contributed by atoms with Crippen molar-refractivity contribution in [3.05, 3.63) is 66.2 Å². The molecule has 2 rings (SSSR count). The summed E-state index contributed by atoms with van der Waals surface area (Å²) in [5.74, 6) is 0.457. The Morgan fingerprint density at radius 1 is 0.560 bits per heavy atom. The molecular formula is C24H36O. The summed E-state index contributed by atoms with van der Waals surface area (Å²) in [5, 5.41) is 9.65. The van der Waals surface area contributed by atoms with Crippen LogP contribution in [-0.4, -0.2) is 5.11 Å². The summed E-state index contributed by atoms with van der Waals surface area (Å²) in [6.45, 7) is 2.27. The van der Waals surface area contributed by atoms with Crippen molar-refractivity contribution < 1.29 is 5.11 Å². The van der Waals surface area contributed by atoms with E-state index in [4.69, 9.17) is 0 Å². The average molecular weight is 341 g/mol. The summed E-state index contributed by atoms with van der Waals surface area (Å²) in [6.07, 6.45) is 14.6. The van der Waals surface area contributed by atoms with E-state index in [2.05, 4.69) is 6.92 Å². The van der Waals surface area contributed by atoms with E-state index in [1.165, 1.54) is 64.2 Å². The van der Waals surface area contributed by atoms with Gasteiger partial charge in [-0.2, -0.15) is 0 Å². The molecule has 1 N–H and O–H groups in total. The summed E-state index contributed by atoms with van der Waals surface area (Å²) in [7, 11) is 0. The minimum absolute atomic E-state index is 0.457. The van der Waals surface area contributed by atoms with Crippen molar-refractivity contribution >= 4 is 0 Å². The SMILES string of the molecule is CCCCCCCCCCCCc1ccccc1O.c1ccccc1. The fraction of sp³-hybridized carbons (Fsp3) is 0.500. The molecule has 0 aliphatic rings. The van der Waals surface area contributed by atoms with E-state index in [1.54, 1.807) is 6.07 Å². The topological polar surface area (TPSA) is 20.2 Å². The normalized spacial score (nSPS) is 10.1. The first-order chi connectivity index (χ1) is 12.3. The van der Waals surface area contributed by atoms with Crippen molar-refractivity contribution in [3.63, 3.8) is 0 Å². The maximum atomic E-state index is 9.65. The maximum Gasteiger partial charge on any atom is 0.118 e. The van der Waals surface area contributed by atoms with Crippen LogP contribution in [-0.2, 0) is 6.42 Å². The quantitative estimate of drug-likeness (QED) is 0.419. The van der Waals surface area contributed by atoms with E-state index >= 15 is 0 Å². The molecule has 2 aromatic carbocycles. The Morgan fingerprint density at radius 3 is 1.48 bits per heavy atom. The number of aromatic hydroxyl groups is 1. The fourth-order valence-electron chi connectivity index (χ4n) is 2.91. The number of hydrogen-bond donors (Lipinski definition) is 1. The molecule has 25 heavy (non-hydrogen) atoms. The van der Waals surface area contributed by atoms with Crippen molar-refractivity contribution in [2.45, 2.75) is 77.6 Å². The number of hydrogen-bond acceptors (Lipinski definition) is 1. The van der Waals surface area contributed by atoms with Crippen LogP contribution in [0.5, 0.6) is 5.75 Å². The zero-order valence-corrected chi connectivity index (χ0v) is 16.0. The van der Waals surface area contributed by atoms with Gasteiger partial charge in [0.15, 0.2) is 0 Å². The molecule has 0 aromatic heterocycles. The molecule has 1 nitrogen and oxygen atoms in total. The number of phenolic OH excluding ortho intramolecular Hbond substituents is 1. The Hall–Kier alpha value is -1.76. The van der Waals surface area contributed by atoms with Crippen LogP contribution >= 0.6 is 0 Å². The Bertz CT molecular complexity index is 480. The van der Waals surface area contributed by atoms with Crippen LogP contribution in [0, 0.1) is 0 Å². The van der Waals surface area contributed by atoms with Crippen molar-refractivity contribution in [1.82, 2.24) is 0 Å². The van der Waals surface area contributed by atoms with Crippen molar-refractivity contribution in [3.8, 4) is 5.75 Å². The van der Waals surface area contributed by atoms with E-state index in [9.17, 15) is 5.11 Å². The number of para-hydroxylation sites is 1. The second-order valence-electron chi connectivity index (χ2n) is 6.72. The summed E-state index contributed by atoms with van der Waals surface area (Å²) in [6, 6.07) is 19.7. The first-order valence-corrected chi connectivity index (χ1v) is 10.1. The lowest BCUT2D eigenvalue weighted by Crippen LogP contribution is -1.87. The molecule has 0 unspecified atom stereocenters.